The van der Waals surface area contributed by atoms with Crippen LogP contribution in [-0.4, -0.2) is 37.2 Å². The van der Waals surface area contributed by atoms with Gasteiger partial charge in [-0.3, -0.25) is 14.4 Å². The van der Waals surface area contributed by atoms with E-state index < -0.39 is 6.10 Å². The Kier molecular flexibility index (Phi) is 63.8. The van der Waals surface area contributed by atoms with E-state index in [-0.39, 0.29) is 31.1 Å². The topological polar surface area (TPSA) is 78.9 Å². The van der Waals surface area contributed by atoms with Crippen molar-refractivity contribution in [2.24, 2.45) is 0 Å². The van der Waals surface area contributed by atoms with E-state index >= 15 is 0 Å². The Morgan fingerprint density at radius 3 is 0.762 bits per heavy atom. The Morgan fingerprint density at radius 1 is 0.263 bits per heavy atom. The molecule has 0 saturated carbocycles. The van der Waals surface area contributed by atoms with Gasteiger partial charge in [0.15, 0.2) is 6.10 Å². The average molecular weight is 1110 g/mol. The highest BCUT2D eigenvalue weighted by Crippen LogP contribution is 2.17. The third-order valence-electron chi connectivity index (χ3n) is 14.2. The van der Waals surface area contributed by atoms with Crippen LogP contribution in [-0.2, 0) is 28.6 Å². The first-order chi connectivity index (χ1) is 39.5. The van der Waals surface area contributed by atoms with Crippen LogP contribution in [0.4, 0.5) is 0 Å². The number of esters is 3. The lowest BCUT2D eigenvalue weighted by atomic mass is 10.0. The minimum atomic E-state index is -0.795. The molecular formula is C74H124O6. The van der Waals surface area contributed by atoms with Crippen molar-refractivity contribution in [3.63, 3.8) is 0 Å². The Labute approximate surface area is 494 Å². The summed E-state index contributed by atoms with van der Waals surface area (Å²) in [6.07, 6.45) is 93.6. The van der Waals surface area contributed by atoms with Gasteiger partial charge < -0.3 is 14.2 Å². The molecule has 6 heteroatoms. The van der Waals surface area contributed by atoms with E-state index in [2.05, 4.69) is 142 Å². The number of carbonyl (C=O) groups is 3. The van der Waals surface area contributed by atoms with Crippen molar-refractivity contribution >= 4 is 17.9 Å². The first-order valence-corrected chi connectivity index (χ1v) is 33.5. The molecule has 0 rings (SSSR count). The van der Waals surface area contributed by atoms with E-state index in [9.17, 15) is 14.4 Å². The van der Waals surface area contributed by atoms with Crippen molar-refractivity contribution in [3.05, 3.63) is 122 Å². The second-order valence-corrected chi connectivity index (χ2v) is 22.0. The van der Waals surface area contributed by atoms with Gasteiger partial charge in [0.25, 0.3) is 0 Å². The van der Waals surface area contributed by atoms with Crippen molar-refractivity contribution in [3.8, 4) is 0 Å². The summed E-state index contributed by atoms with van der Waals surface area (Å²) in [7, 11) is 0. The zero-order valence-electron chi connectivity index (χ0n) is 52.3. The Bertz CT molecular complexity index is 1650. The van der Waals surface area contributed by atoms with Gasteiger partial charge in [-0.1, -0.05) is 316 Å². The number of hydrogen-bond acceptors (Lipinski definition) is 6. The van der Waals surface area contributed by atoms with Gasteiger partial charge in [0, 0.05) is 19.3 Å². The molecule has 0 radical (unpaired) electrons. The van der Waals surface area contributed by atoms with Crippen LogP contribution in [0.1, 0.15) is 310 Å². The summed E-state index contributed by atoms with van der Waals surface area (Å²) in [5, 5.41) is 0. The Hall–Kier alpha value is -4.19. The van der Waals surface area contributed by atoms with E-state index in [0.29, 0.717) is 19.3 Å². The van der Waals surface area contributed by atoms with Crippen LogP contribution in [0.25, 0.3) is 0 Å². The van der Waals surface area contributed by atoms with Crippen LogP contribution >= 0.6 is 0 Å². The molecule has 0 spiro atoms. The van der Waals surface area contributed by atoms with Crippen LogP contribution in [0.2, 0.25) is 0 Å². The summed E-state index contributed by atoms with van der Waals surface area (Å²) in [6.45, 7) is 6.51. The highest BCUT2D eigenvalue weighted by Gasteiger charge is 2.19. The molecule has 0 aliphatic heterocycles. The van der Waals surface area contributed by atoms with Gasteiger partial charge in [0.05, 0.1) is 0 Å². The third-order valence-corrected chi connectivity index (χ3v) is 14.2. The molecule has 0 aliphatic rings. The summed E-state index contributed by atoms with van der Waals surface area (Å²) in [5.74, 6) is -0.926. The Morgan fingerprint density at radius 2 is 0.487 bits per heavy atom. The normalized spacial score (nSPS) is 12.9. The van der Waals surface area contributed by atoms with Crippen LogP contribution in [0.15, 0.2) is 122 Å². The fourth-order valence-corrected chi connectivity index (χ4v) is 9.24. The number of allylic oxidation sites excluding steroid dienone is 20. The fraction of sp³-hybridized carbons (Fsp3) is 0.689. The lowest BCUT2D eigenvalue weighted by molar-refractivity contribution is -0.167. The molecule has 6 nitrogen and oxygen atoms in total. The summed E-state index contributed by atoms with van der Waals surface area (Å²) in [5.41, 5.74) is 0. The van der Waals surface area contributed by atoms with Gasteiger partial charge in [-0.05, 0) is 96.3 Å². The molecule has 1 atom stereocenters. The summed E-state index contributed by atoms with van der Waals surface area (Å²) in [4.78, 5) is 38.3. The first kappa shape index (κ1) is 75.8. The van der Waals surface area contributed by atoms with Gasteiger partial charge in [-0.2, -0.15) is 0 Å². The number of rotatable bonds is 60. The maximum Gasteiger partial charge on any atom is 0.306 e. The smallest absolute Gasteiger partial charge is 0.306 e. The zero-order valence-corrected chi connectivity index (χ0v) is 52.3. The van der Waals surface area contributed by atoms with Crippen LogP contribution < -0.4 is 0 Å². The standard InChI is InChI=1S/C74H124O6/c1-4-7-10-13-16-19-22-24-26-28-30-31-32-33-34-35-36-37-38-39-40-41-42-43-44-46-47-49-52-55-58-61-64-67-73(76)79-70-71(69-78-72(75)66-63-60-57-54-51-21-18-15-12-9-6-3)80-74(77)68-65-62-59-56-53-50-48-45-29-27-25-23-20-17-14-11-8-5-2/h7,10,16,19,24,26,30-31,33-34,36-37,39-40,42-43,46-47,52,55,71H,4-6,8-9,11-15,17-18,20-23,25,27-29,32,35,38,41,44-45,48-51,53-54,56-70H2,1-3H3/b10-7-,19-16-,26-24-,31-30-,34-33-,37-36-,40-39-,43-42-,47-46-,55-52-. The van der Waals surface area contributed by atoms with Gasteiger partial charge >= 0.3 is 17.9 Å². The second-order valence-electron chi connectivity index (χ2n) is 22.0. The molecule has 0 aromatic carbocycles. The number of carbonyl (C=O) groups excluding carboxylic acids is 3. The van der Waals surface area contributed by atoms with Gasteiger partial charge in [-0.25, -0.2) is 0 Å². The molecule has 0 aromatic rings. The lowest BCUT2D eigenvalue weighted by Gasteiger charge is -2.18. The highest BCUT2D eigenvalue weighted by atomic mass is 16.6. The van der Waals surface area contributed by atoms with E-state index in [1.54, 1.807) is 0 Å². The minimum Gasteiger partial charge on any atom is -0.462 e. The SMILES string of the molecule is CC/C=C\C/C=C\C/C=C\C/C=C\C/C=C\C/C=C\C/C=C\C/C=C\C/C=C\C/C=C\CCCCC(=O)OCC(COC(=O)CCCCCCCCCCCCC)OC(=O)CCCCCCCCCCCCCCCCCCCC. The van der Waals surface area contributed by atoms with E-state index in [1.807, 2.05) is 0 Å². The predicted octanol–water partition coefficient (Wildman–Crippen LogP) is 23.2. The molecule has 0 fully saturated rings. The lowest BCUT2D eigenvalue weighted by Crippen LogP contribution is -2.30. The van der Waals surface area contributed by atoms with Gasteiger partial charge in [0.2, 0.25) is 0 Å². The first-order valence-electron chi connectivity index (χ1n) is 33.5. The van der Waals surface area contributed by atoms with Gasteiger partial charge in [-0.15, -0.1) is 0 Å². The second kappa shape index (κ2) is 67.3. The number of ether oxygens (including phenoxy) is 3. The molecule has 80 heavy (non-hydrogen) atoms. The molecule has 0 aliphatic carbocycles. The van der Waals surface area contributed by atoms with E-state index in [4.69, 9.17) is 14.2 Å². The molecule has 0 N–H and O–H groups in total. The highest BCUT2D eigenvalue weighted by molar-refractivity contribution is 5.71. The number of hydrogen-bond donors (Lipinski definition) is 0. The van der Waals surface area contributed by atoms with Crippen molar-refractivity contribution < 1.29 is 28.6 Å². The fourth-order valence-electron chi connectivity index (χ4n) is 9.24. The molecule has 0 amide bonds. The molecule has 0 saturated heterocycles. The quantitative estimate of drug-likeness (QED) is 0.0261. The molecule has 1 unspecified atom stereocenters. The largest absolute Gasteiger partial charge is 0.462 e. The third kappa shape index (κ3) is 64.6. The average Bonchev–Trinajstić information content (AvgIpc) is 3.46. The van der Waals surface area contributed by atoms with Crippen LogP contribution in [0.5, 0.6) is 0 Å². The van der Waals surface area contributed by atoms with Crippen molar-refractivity contribution in [2.75, 3.05) is 13.2 Å². The molecule has 456 valence electrons. The predicted molar refractivity (Wildman–Crippen MR) is 348 cm³/mol. The maximum absolute atomic E-state index is 12.9. The molecule has 0 bridgehead atoms. The van der Waals surface area contributed by atoms with Gasteiger partial charge in [0.1, 0.15) is 13.2 Å². The van der Waals surface area contributed by atoms with E-state index in [1.165, 1.54) is 148 Å². The summed E-state index contributed by atoms with van der Waals surface area (Å²) in [6, 6.07) is 0. The molecule has 0 heterocycles. The van der Waals surface area contributed by atoms with Crippen molar-refractivity contribution in [1.29, 1.82) is 0 Å². The van der Waals surface area contributed by atoms with Crippen molar-refractivity contribution in [2.45, 2.75) is 316 Å². The Balaban J connectivity index is 4.33. The minimum absolute atomic E-state index is 0.0891. The molecule has 0 aromatic heterocycles. The summed E-state index contributed by atoms with van der Waals surface area (Å²) >= 11 is 0. The zero-order chi connectivity index (χ0) is 57.8. The van der Waals surface area contributed by atoms with Crippen molar-refractivity contribution in [1.82, 2.24) is 0 Å². The monoisotopic (exact) mass is 1110 g/mol. The maximum atomic E-state index is 12.9. The van der Waals surface area contributed by atoms with Crippen LogP contribution in [0.3, 0.4) is 0 Å². The van der Waals surface area contributed by atoms with Crippen LogP contribution in [0, 0.1) is 0 Å². The molecular weight excluding hydrogens is 985 g/mol. The number of unbranched alkanes of at least 4 members (excludes halogenated alkanes) is 29. The van der Waals surface area contributed by atoms with E-state index in [0.717, 1.165) is 122 Å². The summed E-state index contributed by atoms with van der Waals surface area (Å²) < 4.78 is 16.9.